The second-order valence-electron chi connectivity index (χ2n) is 7.91. The summed E-state index contributed by atoms with van der Waals surface area (Å²) in [6.45, 7) is 3.09. The van der Waals surface area contributed by atoms with E-state index in [0.717, 1.165) is 6.07 Å². The van der Waals surface area contributed by atoms with Crippen LogP contribution in [-0.2, 0) is 22.2 Å². The molecule has 0 bridgehead atoms. The molecule has 35 heavy (non-hydrogen) atoms. The van der Waals surface area contributed by atoms with Crippen LogP contribution in [0, 0.1) is 12.7 Å². The predicted octanol–water partition coefficient (Wildman–Crippen LogP) is 4.09. The Bertz CT molecular complexity index is 1220. The van der Waals surface area contributed by atoms with Crippen molar-refractivity contribution in [2.24, 2.45) is 0 Å². The fourth-order valence-electron chi connectivity index (χ4n) is 3.56. The van der Waals surface area contributed by atoms with E-state index >= 15 is 0 Å². The third-order valence-corrected chi connectivity index (χ3v) is 5.32. The number of rotatable bonds is 9. The molecule has 0 atom stereocenters. The van der Waals surface area contributed by atoms with Gasteiger partial charge in [0.25, 0.3) is 0 Å². The summed E-state index contributed by atoms with van der Waals surface area (Å²) in [5.74, 6) is 0.134. The lowest BCUT2D eigenvalue weighted by atomic mass is 10.1. The molecule has 0 amide bonds. The van der Waals surface area contributed by atoms with Crippen molar-refractivity contribution in [3.05, 3.63) is 47.0 Å². The Morgan fingerprint density at radius 1 is 1.11 bits per heavy atom. The molecule has 3 N–H and O–H groups in total. The molecule has 4 rings (SSSR count). The Kier molecular flexibility index (Phi) is 7.13. The number of nitrogen functional groups attached to an aromatic ring is 1. The van der Waals surface area contributed by atoms with Crippen LogP contribution >= 0.6 is 0 Å². The minimum Gasteiger partial charge on any atom is -0.493 e. The second kappa shape index (κ2) is 10.1. The lowest BCUT2D eigenvalue weighted by Crippen LogP contribution is -2.37. The van der Waals surface area contributed by atoms with Crippen LogP contribution in [0.25, 0.3) is 10.9 Å². The first-order chi connectivity index (χ1) is 16.7. The average molecular weight is 496 g/mol. The maximum Gasteiger partial charge on any atom is 0.419 e. The topological polar surface area (TPSA) is 101 Å². The summed E-state index contributed by atoms with van der Waals surface area (Å²) in [5.41, 5.74) is 4.22. The van der Waals surface area contributed by atoms with E-state index in [2.05, 4.69) is 15.3 Å². The van der Waals surface area contributed by atoms with Gasteiger partial charge in [-0.3, -0.25) is 0 Å². The smallest absolute Gasteiger partial charge is 0.419 e. The molecular weight excluding hydrogens is 472 g/mol. The van der Waals surface area contributed by atoms with Crippen LogP contribution in [0.5, 0.6) is 11.5 Å². The third kappa shape index (κ3) is 5.65. The first kappa shape index (κ1) is 24.7. The van der Waals surface area contributed by atoms with Crippen LogP contribution < -0.4 is 20.5 Å². The van der Waals surface area contributed by atoms with Gasteiger partial charge in [0.2, 0.25) is 0 Å². The molecule has 1 fully saturated rings. The van der Waals surface area contributed by atoms with Crippen molar-refractivity contribution in [1.82, 2.24) is 9.97 Å². The number of benzene rings is 2. The van der Waals surface area contributed by atoms with Crippen LogP contribution in [-0.4, -0.2) is 49.6 Å². The van der Waals surface area contributed by atoms with Crippen molar-refractivity contribution in [3.8, 4) is 11.5 Å². The summed E-state index contributed by atoms with van der Waals surface area (Å²) in [5, 5.41) is 3.42. The van der Waals surface area contributed by atoms with Gasteiger partial charge in [-0.05, 0) is 25.1 Å². The number of hydrogen-bond donors (Lipinski definition) is 2. The summed E-state index contributed by atoms with van der Waals surface area (Å²) in [6.07, 6.45) is -4.81. The number of halogens is 4. The lowest BCUT2D eigenvalue weighted by molar-refractivity contribution is -0.140. The zero-order chi connectivity index (χ0) is 25.2. The molecule has 188 valence electrons. The van der Waals surface area contributed by atoms with Crippen LogP contribution in [0.15, 0.2) is 24.3 Å². The van der Waals surface area contributed by atoms with Gasteiger partial charge in [-0.15, -0.1) is 0 Å². The normalized spacial score (nSPS) is 14.1. The number of aryl methyl sites for hydroxylation is 1. The number of nitrogens with zero attached hydrogens (tertiary/aromatic N) is 2. The van der Waals surface area contributed by atoms with Crippen molar-refractivity contribution < 1.29 is 36.5 Å². The first-order valence-electron chi connectivity index (χ1n) is 10.7. The summed E-state index contributed by atoms with van der Waals surface area (Å²) >= 11 is 0. The molecule has 0 spiro atoms. The van der Waals surface area contributed by atoms with Crippen molar-refractivity contribution in [2.45, 2.75) is 25.7 Å². The molecule has 1 aliphatic rings. The van der Waals surface area contributed by atoms with Gasteiger partial charge in [0.1, 0.15) is 30.2 Å². The van der Waals surface area contributed by atoms with E-state index in [1.165, 1.54) is 7.11 Å². The SMILES string of the molecule is COc1cc2nc(C)nc(NCc3cc(N)cc(C(F)(F)F)c3F)c2cc1OCCOC1COC1. The predicted molar refractivity (Wildman–Crippen MR) is 120 cm³/mol. The fraction of sp³-hybridized carbons (Fsp3) is 0.391. The van der Waals surface area contributed by atoms with E-state index in [0.29, 0.717) is 59.9 Å². The molecule has 0 radical (unpaired) electrons. The molecule has 2 aromatic carbocycles. The average Bonchev–Trinajstić information content (AvgIpc) is 2.76. The number of ether oxygens (including phenoxy) is 4. The molecule has 1 aliphatic heterocycles. The highest BCUT2D eigenvalue weighted by atomic mass is 19.4. The van der Waals surface area contributed by atoms with Gasteiger partial charge in [-0.1, -0.05) is 0 Å². The molecule has 8 nitrogen and oxygen atoms in total. The zero-order valence-electron chi connectivity index (χ0n) is 19.0. The van der Waals surface area contributed by atoms with Crippen LogP contribution in [0.1, 0.15) is 17.0 Å². The molecular formula is C23H24F4N4O4. The quantitative estimate of drug-likeness (QED) is 0.260. The van der Waals surface area contributed by atoms with Crippen LogP contribution in [0.4, 0.5) is 29.1 Å². The van der Waals surface area contributed by atoms with Gasteiger partial charge >= 0.3 is 6.18 Å². The number of methoxy groups -OCH3 is 1. The zero-order valence-corrected chi connectivity index (χ0v) is 19.0. The molecule has 12 heteroatoms. The van der Waals surface area contributed by atoms with E-state index in [1.54, 1.807) is 19.1 Å². The highest BCUT2D eigenvalue weighted by Gasteiger charge is 2.35. The number of alkyl halides is 3. The van der Waals surface area contributed by atoms with Crippen molar-refractivity contribution in [1.29, 1.82) is 0 Å². The van der Waals surface area contributed by atoms with E-state index in [-0.39, 0.29) is 30.5 Å². The van der Waals surface area contributed by atoms with E-state index < -0.39 is 17.6 Å². The van der Waals surface area contributed by atoms with E-state index in [1.807, 2.05) is 0 Å². The summed E-state index contributed by atoms with van der Waals surface area (Å²) < 4.78 is 75.9. The summed E-state index contributed by atoms with van der Waals surface area (Å²) in [4.78, 5) is 8.73. The van der Waals surface area contributed by atoms with Crippen molar-refractivity contribution >= 4 is 22.4 Å². The highest BCUT2D eigenvalue weighted by Crippen LogP contribution is 2.36. The van der Waals surface area contributed by atoms with Gasteiger partial charge in [0, 0.05) is 29.2 Å². The molecule has 3 aromatic rings. The number of nitrogens with one attached hydrogen (secondary N) is 1. The van der Waals surface area contributed by atoms with Crippen molar-refractivity contribution in [3.63, 3.8) is 0 Å². The minimum absolute atomic E-state index is 0.0644. The van der Waals surface area contributed by atoms with Crippen LogP contribution in [0.2, 0.25) is 0 Å². The standard InChI is InChI=1S/C23H24F4N4O4/c1-12-30-18-8-19(32-2)20(35-4-3-34-15-10-33-11-15)7-16(18)22(31-12)29-9-13-5-14(28)6-17(21(13)24)23(25,26)27/h5-8,15H,3-4,9-11,28H2,1-2H3,(H,29,30,31). The maximum absolute atomic E-state index is 14.6. The minimum atomic E-state index is -4.87. The third-order valence-electron chi connectivity index (χ3n) is 5.32. The summed E-state index contributed by atoms with van der Waals surface area (Å²) in [7, 11) is 1.49. The van der Waals surface area contributed by atoms with E-state index in [4.69, 9.17) is 24.7 Å². The summed E-state index contributed by atoms with van der Waals surface area (Å²) in [6, 6.07) is 5.03. The van der Waals surface area contributed by atoms with Gasteiger partial charge in [-0.2, -0.15) is 13.2 Å². The number of hydrogen-bond acceptors (Lipinski definition) is 8. The molecule has 2 heterocycles. The van der Waals surface area contributed by atoms with Crippen molar-refractivity contribution in [2.75, 3.05) is 44.6 Å². The maximum atomic E-state index is 14.6. The van der Waals surface area contributed by atoms with Gasteiger partial charge in [0.15, 0.2) is 11.5 Å². The Morgan fingerprint density at radius 3 is 2.54 bits per heavy atom. The molecule has 1 saturated heterocycles. The van der Waals surface area contributed by atoms with Gasteiger partial charge in [-0.25, -0.2) is 14.4 Å². The fourth-order valence-corrected chi connectivity index (χ4v) is 3.56. The van der Waals surface area contributed by atoms with Crippen LogP contribution in [0.3, 0.4) is 0 Å². The Labute approximate surface area is 198 Å². The second-order valence-corrected chi connectivity index (χ2v) is 7.91. The molecule has 1 aromatic heterocycles. The number of nitrogens with two attached hydrogens (primary N) is 1. The number of anilines is 2. The Morgan fingerprint density at radius 2 is 1.89 bits per heavy atom. The molecule has 0 saturated carbocycles. The first-order valence-corrected chi connectivity index (χ1v) is 10.7. The molecule has 0 aliphatic carbocycles. The number of fused-ring (bicyclic) bond motifs is 1. The van der Waals surface area contributed by atoms with Gasteiger partial charge < -0.3 is 30.0 Å². The van der Waals surface area contributed by atoms with Gasteiger partial charge in [0.05, 0.1) is 38.0 Å². The Hall–Kier alpha value is -3.38. The molecule has 0 unspecified atom stereocenters. The monoisotopic (exact) mass is 496 g/mol. The van der Waals surface area contributed by atoms with E-state index in [9.17, 15) is 17.6 Å². The lowest BCUT2D eigenvalue weighted by Gasteiger charge is -2.25. The Balaban J connectivity index is 1.59. The number of aromatic nitrogens is 2. The highest BCUT2D eigenvalue weighted by molar-refractivity contribution is 5.91. The largest absolute Gasteiger partial charge is 0.493 e.